The summed E-state index contributed by atoms with van der Waals surface area (Å²) in [6, 6.07) is 0. The van der Waals surface area contributed by atoms with E-state index in [-0.39, 0.29) is 0 Å². The largest absolute Gasteiger partial charge is 0.435 e. The highest BCUT2D eigenvalue weighted by Gasteiger charge is 2.12. The Morgan fingerprint density at radius 1 is 1.24 bits per heavy atom. The quantitative estimate of drug-likeness (QED) is 0.848. The van der Waals surface area contributed by atoms with Crippen LogP contribution in [-0.2, 0) is 13.0 Å². The normalized spacial score (nSPS) is 10.7. The van der Waals surface area contributed by atoms with E-state index in [1.54, 1.807) is 6.20 Å². The van der Waals surface area contributed by atoms with Crippen LogP contribution in [0, 0.1) is 6.92 Å². The summed E-state index contributed by atoms with van der Waals surface area (Å²) in [5.41, 5.74) is 0.914. The third kappa shape index (κ3) is 3.71. The molecule has 0 radical (unpaired) electrons. The maximum absolute atomic E-state index is 5.89. The second-order valence-corrected chi connectivity index (χ2v) is 4.84. The Balaban J connectivity index is 2.26. The molecule has 2 rings (SSSR count). The SMILES string of the molecule is CCCn1cc(Oc2nc(CC)nc(NCC)c2C)cn1. The van der Waals surface area contributed by atoms with Crippen molar-refractivity contribution in [3.63, 3.8) is 0 Å². The topological polar surface area (TPSA) is 64.9 Å². The van der Waals surface area contributed by atoms with Crippen LogP contribution in [0.15, 0.2) is 12.4 Å². The van der Waals surface area contributed by atoms with Gasteiger partial charge in [0.1, 0.15) is 11.6 Å². The van der Waals surface area contributed by atoms with Crippen molar-refractivity contribution in [3.05, 3.63) is 23.8 Å². The van der Waals surface area contributed by atoms with Gasteiger partial charge in [0.05, 0.1) is 18.0 Å². The molecule has 21 heavy (non-hydrogen) atoms. The number of anilines is 1. The van der Waals surface area contributed by atoms with E-state index in [1.165, 1.54) is 0 Å². The van der Waals surface area contributed by atoms with Crippen molar-refractivity contribution in [1.29, 1.82) is 0 Å². The first kappa shape index (κ1) is 15.3. The number of nitrogens with zero attached hydrogens (tertiary/aromatic N) is 4. The van der Waals surface area contributed by atoms with Crippen molar-refractivity contribution < 1.29 is 4.74 Å². The number of aryl methyl sites for hydroxylation is 2. The predicted molar refractivity (Wildman–Crippen MR) is 82.9 cm³/mol. The number of rotatable bonds is 7. The van der Waals surface area contributed by atoms with Crippen LogP contribution < -0.4 is 10.1 Å². The van der Waals surface area contributed by atoms with Gasteiger partial charge in [0, 0.05) is 19.5 Å². The molecule has 0 spiro atoms. The lowest BCUT2D eigenvalue weighted by Gasteiger charge is -2.12. The van der Waals surface area contributed by atoms with Gasteiger partial charge in [0.15, 0.2) is 5.75 Å². The summed E-state index contributed by atoms with van der Waals surface area (Å²) in [5, 5.41) is 7.52. The summed E-state index contributed by atoms with van der Waals surface area (Å²) in [6.07, 6.45) is 5.42. The highest BCUT2D eigenvalue weighted by molar-refractivity contribution is 5.49. The van der Waals surface area contributed by atoms with Gasteiger partial charge in [-0.25, -0.2) is 4.98 Å². The van der Waals surface area contributed by atoms with E-state index in [4.69, 9.17) is 4.74 Å². The van der Waals surface area contributed by atoms with Crippen LogP contribution in [0.1, 0.15) is 38.6 Å². The van der Waals surface area contributed by atoms with Crippen LogP contribution >= 0.6 is 0 Å². The van der Waals surface area contributed by atoms with E-state index >= 15 is 0 Å². The van der Waals surface area contributed by atoms with E-state index in [0.717, 1.165) is 43.1 Å². The summed E-state index contributed by atoms with van der Waals surface area (Å²) in [4.78, 5) is 8.97. The number of ether oxygens (including phenoxy) is 1. The number of hydrogen-bond donors (Lipinski definition) is 1. The average Bonchev–Trinajstić information content (AvgIpc) is 2.91. The van der Waals surface area contributed by atoms with Crippen LogP contribution in [0.3, 0.4) is 0 Å². The summed E-state index contributed by atoms with van der Waals surface area (Å²) >= 11 is 0. The maximum Gasteiger partial charge on any atom is 0.227 e. The molecule has 0 fully saturated rings. The summed E-state index contributed by atoms with van der Waals surface area (Å²) in [7, 11) is 0. The first-order chi connectivity index (χ1) is 10.2. The zero-order valence-corrected chi connectivity index (χ0v) is 13.2. The van der Waals surface area contributed by atoms with Crippen LogP contribution in [0.2, 0.25) is 0 Å². The summed E-state index contributed by atoms with van der Waals surface area (Å²) in [5.74, 6) is 2.90. The van der Waals surface area contributed by atoms with Crippen LogP contribution in [0.25, 0.3) is 0 Å². The predicted octanol–water partition coefficient (Wildman–Crippen LogP) is 3.18. The molecule has 0 aliphatic rings. The van der Waals surface area contributed by atoms with Gasteiger partial charge in [-0.1, -0.05) is 13.8 Å². The van der Waals surface area contributed by atoms with Crippen LogP contribution in [-0.4, -0.2) is 26.3 Å². The van der Waals surface area contributed by atoms with Gasteiger partial charge in [-0.05, 0) is 20.3 Å². The molecule has 6 heteroatoms. The minimum atomic E-state index is 0.592. The van der Waals surface area contributed by atoms with Crippen molar-refractivity contribution in [2.75, 3.05) is 11.9 Å². The Labute approximate surface area is 125 Å². The molecule has 2 aromatic heterocycles. The highest BCUT2D eigenvalue weighted by atomic mass is 16.5. The molecule has 2 heterocycles. The molecular formula is C15H23N5O. The first-order valence-electron chi connectivity index (χ1n) is 7.49. The van der Waals surface area contributed by atoms with Gasteiger partial charge in [0.2, 0.25) is 5.88 Å². The Kier molecular flexibility index (Phi) is 5.14. The third-order valence-corrected chi connectivity index (χ3v) is 3.08. The molecule has 0 saturated carbocycles. The maximum atomic E-state index is 5.89. The van der Waals surface area contributed by atoms with Crippen molar-refractivity contribution in [2.45, 2.75) is 47.1 Å². The highest BCUT2D eigenvalue weighted by Crippen LogP contribution is 2.27. The molecular weight excluding hydrogens is 266 g/mol. The van der Waals surface area contributed by atoms with Crippen molar-refractivity contribution in [3.8, 4) is 11.6 Å². The lowest BCUT2D eigenvalue weighted by atomic mass is 10.3. The molecule has 0 aliphatic carbocycles. The molecule has 0 unspecified atom stereocenters. The number of hydrogen-bond acceptors (Lipinski definition) is 5. The molecule has 114 valence electrons. The molecule has 1 N–H and O–H groups in total. The van der Waals surface area contributed by atoms with E-state index in [0.29, 0.717) is 11.6 Å². The standard InChI is InChI=1S/C15H23N5O/c1-5-8-20-10-12(9-17-20)21-15-11(4)14(16-7-3)18-13(6-2)19-15/h9-10H,5-8H2,1-4H3,(H,16,18,19). The summed E-state index contributed by atoms with van der Waals surface area (Å²) < 4.78 is 7.76. The molecule has 0 aliphatic heterocycles. The van der Waals surface area contributed by atoms with Crippen molar-refractivity contribution in [1.82, 2.24) is 19.7 Å². The smallest absolute Gasteiger partial charge is 0.227 e. The Hall–Kier alpha value is -2.11. The zero-order valence-electron chi connectivity index (χ0n) is 13.2. The molecule has 0 aromatic carbocycles. The van der Waals surface area contributed by atoms with E-state index in [2.05, 4.69) is 27.3 Å². The van der Waals surface area contributed by atoms with Gasteiger partial charge in [-0.15, -0.1) is 0 Å². The van der Waals surface area contributed by atoms with Gasteiger partial charge < -0.3 is 10.1 Å². The Morgan fingerprint density at radius 2 is 2.05 bits per heavy atom. The second-order valence-electron chi connectivity index (χ2n) is 4.84. The fraction of sp³-hybridized carbons (Fsp3) is 0.533. The molecule has 0 amide bonds. The zero-order chi connectivity index (χ0) is 15.2. The third-order valence-electron chi connectivity index (χ3n) is 3.08. The van der Waals surface area contributed by atoms with Gasteiger partial charge >= 0.3 is 0 Å². The average molecular weight is 289 g/mol. The van der Waals surface area contributed by atoms with E-state index in [9.17, 15) is 0 Å². The lowest BCUT2D eigenvalue weighted by Crippen LogP contribution is -2.07. The molecule has 0 saturated heterocycles. The fourth-order valence-electron chi connectivity index (χ4n) is 2.00. The van der Waals surface area contributed by atoms with Crippen LogP contribution in [0.4, 0.5) is 5.82 Å². The molecule has 0 bridgehead atoms. The van der Waals surface area contributed by atoms with Gasteiger partial charge in [-0.2, -0.15) is 10.1 Å². The van der Waals surface area contributed by atoms with Crippen LogP contribution in [0.5, 0.6) is 11.6 Å². The molecule has 2 aromatic rings. The van der Waals surface area contributed by atoms with E-state index in [1.807, 2.05) is 31.6 Å². The number of aromatic nitrogens is 4. The van der Waals surface area contributed by atoms with Gasteiger partial charge in [-0.3, -0.25) is 4.68 Å². The minimum Gasteiger partial charge on any atom is -0.435 e. The van der Waals surface area contributed by atoms with Gasteiger partial charge in [0.25, 0.3) is 0 Å². The first-order valence-corrected chi connectivity index (χ1v) is 7.49. The second kappa shape index (κ2) is 7.06. The summed E-state index contributed by atoms with van der Waals surface area (Å²) in [6.45, 7) is 9.85. The fourth-order valence-corrected chi connectivity index (χ4v) is 2.00. The van der Waals surface area contributed by atoms with Crippen molar-refractivity contribution in [2.24, 2.45) is 0 Å². The Bertz CT molecular complexity index is 594. The molecule has 0 atom stereocenters. The number of nitrogens with one attached hydrogen (secondary N) is 1. The van der Waals surface area contributed by atoms with Crippen molar-refractivity contribution >= 4 is 5.82 Å². The molecule has 6 nitrogen and oxygen atoms in total. The Morgan fingerprint density at radius 3 is 2.71 bits per heavy atom. The minimum absolute atomic E-state index is 0.592. The lowest BCUT2D eigenvalue weighted by molar-refractivity contribution is 0.453. The van der Waals surface area contributed by atoms with E-state index < -0.39 is 0 Å². The monoisotopic (exact) mass is 289 g/mol.